The topological polar surface area (TPSA) is 78.4 Å². The molecule has 0 heterocycles. The van der Waals surface area contributed by atoms with Crippen LogP contribution in [0.5, 0.6) is 0 Å². The molecule has 0 aliphatic heterocycles. The Morgan fingerprint density at radius 3 is 2.33 bits per heavy atom. The molecular formula is C22H36N2O3. The fraction of sp³-hybridized carbons (Fsp3) is 0.636. The summed E-state index contributed by atoms with van der Waals surface area (Å²) in [6.45, 7) is 6.48. The third-order valence-electron chi connectivity index (χ3n) is 4.82. The molecule has 5 heteroatoms. The minimum atomic E-state index is -1.23. The van der Waals surface area contributed by atoms with Crippen molar-refractivity contribution in [2.75, 3.05) is 6.54 Å². The van der Waals surface area contributed by atoms with Gasteiger partial charge in [-0.15, -0.1) is 0 Å². The van der Waals surface area contributed by atoms with Crippen LogP contribution in [0.2, 0.25) is 0 Å². The maximum atomic E-state index is 12.4. The van der Waals surface area contributed by atoms with Gasteiger partial charge < -0.3 is 15.7 Å². The molecule has 152 valence electrons. The molecule has 1 aromatic carbocycles. The summed E-state index contributed by atoms with van der Waals surface area (Å²) in [5.74, 6) is -0.623. The normalized spacial score (nSPS) is 14.2. The Hall–Kier alpha value is -1.88. The smallest absolute Gasteiger partial charge is 0.251 e. The summed E-state index contributed by atoms with van der Waals surface area (Å²) in [4.78, 5) is 24.7. The molecule has 3 atom stereocenters. The summed E-state index contributed by atoms with van der Waals surface area (Å²) < 4.78 is 0. The summed E-state index contributed by atoms with van der Waals surface area (Å²) in [7, 11) is 0. The minimum absolute atomic E-state index is 0.0884. The molecule has 0 saturated carbocycles. The molecule has 0 aliphatic rings. The molecule has 2 amide bonds. The lowest BCUT2D eigenvalue weighted by Crippen LogP contribution is -2.51. The predicted octanol–water partition coefficient (Wildman–Crippen LogP) is 3.21. The van der Waals surface area contributed by atoms with E-state index in [4.69, 9.17) is 0 Å². The van der Waals surface area contributed by atoms with Crippen LogP contribution in [0.15, 0.2) is 30.3 Å². The molecule has 0 saturated heterocycles. The van der Waals surface area contributed by atoms with Crippen LogP contribution < -0.4 is 10.6 Å². The summed E-state index contributed by atoms with van der Waals surface area (Å²) in [6, 6.07) is 9.34. The fourth-order valence-corrected chi connectivity index (χ4v) is 3.07. The first kappa shape index (κ1) is 23.2. The van der Waals surface area contributed by atoms with E-state index >= 15 is 0 Å². The van der Waals surface area contributed by atoms with Crippen LogP contribution >= 0.6 is 0 Å². The first-order chi connectivity index (χ1) is 13.0. The first-order valence-electron chi connectivity index (χ1n) is 10.3. The lowest BCUT2D eigenvalue weighted by molar-refractivity contribution is -0.133. The monoisotopic (exact) mass is 376 g/mol. The third-order valence-corrected chi connectivity index (χ3v) is 4.82. The van der Waals surface area contributed by atoms with Crippen molar-refractivity contribution in [3.8, 4) is 0 Å². The average Bonchev–Trinajstić information content (AvgIpc) is 2.67. The Labute approximate surface area is 163 Å². The van der Waals surface area contributed by atoms with Crippen LogP contribution in [0.1, 0.15) is 64.9 Å². The van der Waals surface area contributed by atoms with Crippen molar-refractivity contribution < 1.29 is 14.7 Å². The standard InChI is InChI=1S/C22H36N2O3/c1-4-6-8-14-19(24-21(26)17(3)11-5-2)20(25)22(27)23-16-15-18-12-9-7-10-13-18/h7,9-10,12-13,17,19-20,25H,4-6,8,11,14-16H2,1-3H3,(H,23,27)(H,24,26). The van der Waals surface area contributed by atoms with Crippen LogP contribution in [0.25, 0.3) is 0 Å². The van der Waals surface area contributed by atoms with Gasteiger partial charge in [0.1, 0.15) is 0 Å². The van der Waals surface area contributed by atoms with E-state index in [0.717, 1.165) is 37.7 Å². The van der Waals surface area contributed by atoms with Crippen LogP contribution in [-0.4, -0.2) is 35.6 Å². The fourth-order valence-electron chi connectivity index (χ4n) is 3.07. The molecular weight excluding hydrogens is 340 g/mol. The highest BCUT2D eigenvalue weighted by atomic mass is 16.3. The molecule has 3 unspecified atom stereocenters. The Kier molecular flexibility index (Phi) is 11.4. The zero-order valence-corrected chi connectivity index (χ0v) is 17.0. The van der Waals surface area contributed by atoms with Gasteiger partial charge >= 0.3 is 0 Å². The van der Waals surface area contributed by atoms with Gasteiger partial charge in [0.2, 0.25) is 5.91 Å². The Morgan fingerprint density at radius 1 is 1.00 bits per heavy atom. The van der Waals surface area contributed by atoms with Crippen LogP contribution in [0.3, 0.4) is 0 Å². The third kappa shape index (κ3) is 9.05. The SMILES string of the molecule is CCCCCC(NC(=O)C(C)CCC)C(O)C(=O)NCCc1ccccc1. The Balaban J connectivity index is 2.57. The lowest BCUT2D eigenvalue weighted by Gasteiger charge is -2.25. The second-order valence-electron chi connectivity index (χ2n) is 7.27. The van der Waals surface area contributed by atoms with Gasteiger partial charge in [-0.2, -0.15) is 0 Å². The summed E-state index contributed by atoms with van der Waals surface area (Å²) in [5.41, 5.74) is 1.13. The molecule has 0 radical (unpaired) electrons. The predicted molar refractivity (Wildman–Crippen MR) is 109 cm³/mol. The van der Waals surface area contributed by atoms with Gasteiger partial charge in [-0.3, -0.25) is 9.59 Å². The number of amides is 2. The molecule has 1 rings (SSSR count). The van der Waals surface area contributed by atoms with Crippen molar-refractivity contribution in [1.29, 1.82) is 0 Å². The molecule has 5 nitrogen and oxygen atoms in total. The van der Waals surface area contributed by atoms with E-state index in [1.165, 1.54) is 0 Å². The maximum absolute atomic E-state index is 12.4. The molecule has 1 aromatic rings. The lowest BCUT2D eigenvalue weighted by atomic mass is 9.99. The van der Waals surface area contributed by atoms with Gasteiger partial charge in [0.25, 0.3) is 5.91 Å². The zero-order valence-electron chi connectivity index (χ0n) is 17.0. The molecule has 27 heavy (non-hydrogen) atoms. The largest absolute Gasteiger partial charge is 0.381 e. The van der Waals surface area contributed by atoms with E-state index in [9.17, 15) is 14.7 Å². The van der Waals surface area contributed by atoms with Gasteiger partial charge in [0.05, 0.1) is 6.04 Å². The molecule has 0 aliphatic carbocycles. The number of carbonyl (C=O) groups excluding carboxylic acids is 2. The molecule has 0 fully saturated rings. The van der Waals surface area contributed by atoms with E-state index in [0.29, 0.717) is 19.4 Å². The highest BCUT2D eigenvalue weighted by Gasteiger charge is 2.28. The van der Waals surface area contributed by atoms with Crippen LogP contribution in [0.4, 0.5) is 0 Å². The van der Waals surface area contributed by atoms with E-state index in [1.54, 1.807) is 0 Å². The van der Waals surface area contributed by atoms with Gasteiger partial charge in [0, 0.05) is 12.5 Å². The number of rotatable bonds is 13. The number of unbranched alkanes of at least 4 members (excludes halogenated alkanes) is 2. The summed E-state index contributed by atoms with van der Waals surface area (Å²) in [5, 5.41) is 16.2. The zero-order chi connectivity index (χ0) is 20.1. The number of benzene rings is 1. The number of aliphatic hydroxyl groups excluding tert-OH is 1. The van der Waals surface area contributed by atoms with Crippen molar-refractivity contribution in [2.45, 2.75) is 77.9 Å². The van der Waals surface area contributed by atoms with Crippen LogP contribution in [-0.2, 0) is 16.0 Å². The molecule has 0 bridgehead atoms. The second-order valence-corrected chi connectivity index (χ2v) is 7.27. The summed E-state index contributed by atoms with van der Waals surface area (Å²) >= 11 is 0. The highest BCUT2D eigenvalue weighted by Crippen LogP contribution is 2.11. The minimum Gasteiger partial charge on any atom is -0.381 e. The maximum Gasteiger partial charge on any atom is 0.251 e. The summed E-state index contributed by atoms with van der Waals surface area (Å²) in [6.07, 6.45) is 4.75. The van der Waals surface area contributed by atoms with Crippen molar-refractivity contribution in [3.63, 3.8) is 0 Å². The first-order valence-corrected chi connectivity index (χ1v) is 10.3. The Morgan fingerprint density at radius 2 is 1.70 bits per heavy atom. The van der Waals surface area contributed by atoms with Crippen molar-refractivity contribution in [1.82, 2.24) is 10.6 Å². The van der Waals surface area contributed by atoms with Gasteiger partial charge in [-0.1, -0.05) is 76.8 Å². The van der Waals surface area contributed by atoms with Crippen molar-refractivity contribution in [2.24, 2.45) is 5.92 Å². The van der Waals surface area contributed by atoms with E-state index in [-0.39, 0.29) is 11.8 Å². The van der Waals surface area contributed by atoms with Crippen molar-refractivity contribution >= 4 is 11.8 Å². The number of hydrogen-bond acceptors (Lipinski definition) is 3. The van der Waals surface area contributed by atoms with Gasteiger partial charge in [-0.05, 0) is 24.8 Å². The number of nitrogens with one attached hydrogen (secondary N) is 2. The second kappa shape index (κ2) is 13.3. The molecule has 0 spiro atoms. The van der Waals surface area contributed by atoms with Gasteiger partial charge in [0.15, 0.2) is 6.10 Å². The van der Waals surface area contributed by atoms with E-state index in [2.05, 4.69) is 17.6 Å². The molecule has 3 N–H and O–H groups in total. The van der Waals surface area contributed by atoms with Crippen LogP contribution in [0, 0.1) is 5.92 Å². The number of hydrogen-bond donors (Lipinski definition) is 3. The number of aliphatic hydroxyl groups is 1. The van der Waals surface area contributed by atoms with E-state index < -0.39 is 18.1 Å². The van der Waals surface area contributed by atoms with Gasteiger partial charge in [-0.25, -0.2) is 0 Å². The average molecular weight is 377 g/mol. The molecule has 0 aromatic heterocycles. The Bertz CT molecular complexity index is 548. The van der Waals surface area contributed by atoms with Crippen molar-refractivity contribution in [3.05, 3.63) is 35.9 Å². The highest BCUT2D eigenvalue weighted by molar-refractivity contribution is 5.83. The number of carbonyl (C=O) groups is 2. The quantitative estimate of drug-likeness (QED) is 0.463. The van der Waals surface area contributed by atoms with E-state index in [1.807, 2.05) is 44.2 Å².